The third-order valence-electron chi connectivity index (χ3n) is 2.24. The van der Waals surface area contributed by atoms with E-state index in [0.29, 0.717) is 23.2 Å². The van der Waals surface area contributed by atoms with Gasteiger partial charge in [-0.1, -0.05) is 13.3 Å². The van der Waals surface area contributed by atoms with Gasteiger partial charge >= 0.3 is 0 Å². The van der Waals surface area contributed by atoms with Crippen LogP contribution in [0.15, 0.2) is 20.1 Å². The van der Waals surface area contributed by atoms with Crippen LogP contribution in [0.1, 0.15) is 19.8 Å². The van der Waals surface area contributed by atoms with Gasteiger partial charge in [0.15, 0.2) is 0 Å². The van der Waals surface area contributed by atoms with E-state index in [2.05, 4.69) is 15.9 Å². The molecule has 0 aliphatic carbocycles. The Balaban J connectivity index is 2.91. The first kappa shape index (κ1) is 15.4. The first-order chi connectivity index (χ1) is 8.02. The zero-order valence-corrected chi connectivity index (χ0v) is 13.5. The van der Waals surface area contributed by atoms with E-state index in [-0.39, 0.29) is 0 Å². The molecule has 1 heterocycles. The van der Waals surface area contributed by atoms with Crippen molar-refractivity contribution < 1.29 is 8.42 Å². The van der Waals surface area contributed by atoms with Crippen molar-refractivity contribution in [3.63, 3.8) is 0 Å². The molecule has 1 aromatic heterocycles. The highest BCUT2D eigenvalue weighted by Crippen LogP contribution is 2.28. The molecule has 0 amide bonds. The third kappa shape index (κ3) is 4.21. The summed E-state index contributed by atoms with van der Waals surface area (Å²) in [6.45, 7) is 2.92. The molecule has 0 aliphatic rings. The molecule has 0 saturated heterocycles. The quantitative estimate of drug-likeness (QED) is 0.697. The minimum absolute atomic E-state index is 0.315. The van der Waals surface area contributed by atoms with Crippen molar-refractivity contribution in [2.75, 3.05) is 19.0 Å². The first-order valence-corrected chi connectivity index (χ1v) is 8.92. The Morgan fingerprint density at radius 3 is 2.59 bits per heavy atom. The maximum Gasteiger partial charge on any atom is 0.252 e. The Morgan fingerprint density at radius 2 is 2.12 bits per heavy atom. The minimum Gasteiger partial charge on any atom is -0.206 e. The summed E-state index contributed by atoms with van der Waals surface area (Å²) in [6, 6.07) is 3.37. The Morgan fingerprint density at radius 1 is 1.41 bits per heavy atom. The Bertz CT molecular complexity index is 447. The summed E-state index contributed by atoms with van der Waals surface area (Å²) >= 11 is 10.2. The number of nitrogens with zero attached hydrogens (tertiary/aromatic N) is 1. The van der Waals surface area contributed by atoms with Gasteiger partial charge in [-0.3, -0.25) is 0 Å². The van der Waals surface area contributed by atoms with Gasteiger partial charge < -0.3 is 0 Å². The van der Waals surface area contributed by atoms with Gasteiger partial charge in [-0.05, 0) is 34.5 Å². The minimum atomic E-state index is -3.38. The van der Waals surface area contributed by atoms with Gasteiger partial charge in [0.2, 0.25) is 0 Å². The van der Waals surface area contributed by atoms with Crippen molar-refractivity contribution in [2.24, 2.45) is 0 Å². The van der Waals surface area contributed by atoms with Crippen molar-refractivity contribution in [3.05, 3.63) is 15.9 Å². The molecule has 3 nitrogen and oxygen atoms in total. The fourth-order valence-electron chi connectivity index (χ4n) is 1.34. The molecule has 0 atom stereocenters. The fourth-order valence-corrected chi connectivity index (χ4v) is 5.29. The lowest BCUT2D eigenvalue weighted by Gasteiger charge is -2.19. The molecule has 0 unspecified atom stereocenters. The summed E-state index contributed by atoms with van der Waals surface area (Å²) in [5.74, 6) is 0.315. The summed E-state index contributed by atoms with van der Waals surface area (Å²) in [7, 11) is -3.38. The van der Waals surface area contributed by atoms with E-state index in [1.807, 2.05) is 6.92 Å². The lowest BCUT2D eigenvalue weighted by molar-refractivity contribution is 0.421. The number of sulfonamides is 1. The highest BCUT2D eigenvalue weighted by atomic mass is 79.9. The Kier molecular flexibility index (Phi) is 6.44. The number of hydrogen-bond donors (Lipinski definition) is 0. The van der Waals surface area contributed by atoms with Crippen LogP contribution in [0, 0.1) is 0 Å². The van der Waals surface area contributed by atoms with Crippen LogP contribution in [0.4, 0.5) is 0 Å². The Hall–Kier alpha value is 0.380. The molecule has 0 radical (unpaired) electrons. The highest BCUT2D eigenvalue weighted by Gasteiger charge is 2.24. The molecule has 0 spiro atoms. The van der Waals surface area contributed by atoms with Gasteiger partial charge in [0.05, 0.1) is 3.79 Å². The predicted molar refractivity (Wildman–Crippen MR) is 76.4 cm³/mol. The van der Waals surface area contributed by atoms with Crippen LogP contribution in [0.25, 0.3) is 0 Å². The zero-order chi connectivity index (χ0) is 12.9. The fraction of sp³-hybridized carbons (Fsp3) is 0.600. The number of hydrogen-bond acceptors (Lipinski definition) is 3. The maximum absolute atomic E-state index is 12.3. The molecule has 0 bridgehead atoms. The molecular formula is C10H15BrClNO2S2. The van der Waals surface area contributed by atoms with Crippen LogP contribution in [0.2, 0.25) is 0 Å². The van der Waals surface area contributed by atoms with E-state index in [1.165, 1.54) is 15.6 Å². The largest absolute Gasteiger partial charge is 0.252 e. The number of alkyl halides is 1. The zero-order valence-electron chi connectivity index (χ0n) is 9.53. The summed E-state index contributed by atoms with van der Waals surface area (Å²) in [6.07, 6.45) is 1.81. The molecule has 0 fully saturated rings. The van der Waals surface area contributed by atoms with E-state index < -0.39 is 10.0 Å². The normalized spacial score (nSPS) is 12.2. The topological polar surface area (TPSA) is 37.4 Å². The molecule has 0 aliphatic heterocycles. The first-order valence-electron chi connectivity index (χ1n) is 5.33. The van der Waals surface area contributed by atoms with Crippen molar-refractivity contribution in [2.45, 2.75) is 24.0 Å². The molecule has 0 aromatic carbocycles. The van der Waals surface area contributed by atoms with E-state index >= 15 is 0 Å². The second-order valence-electron chi connectivity index (χ2n) is 3.51. The van der Waals surface area contributed by atoms with Crippen molar-refractivity contribution >= 4 is 48.9 Å². The van der Waals surface area contributed by atoms with Crippen molar-refractivity contribution in [3.8, 4) is 0 Å². The smallest absolute Gasteiger partial charge is 0.206 e. The van der Waals surface area contributed by atoms with Crippen molar-refractivity contribution in [1.29, 1.82) is 0 Å². The van der Waals surface area contributed by atoms with E-state index in [1.54, 1.807) is 12.1 Å². The second-order valence-corrected chi connectivity index (χ2v) is 8.51. The van der Waals surface area contributed by atoms with Gasteiger partial charge in [-0.25, -0.2) is 8.42 Å². The predicted octanol–water partition coefficient (Wildman–Crippen LogP) is 3.54. The molecule has 1 rings (SSSR count). The van der Waals surface area contributed by atoms with Crippen LogP contribution in [-0.4, -0.2) is 31.7 Å². The molecule has 0 saturated carbocycles. The van der Waals surface area contributed by atoms with Gasteiger partial charge in [0.1, 0.15) is 4.21 Å². The average molecular weight is 361 g/mol. The molecule has 98 valence electrons. The summed E-state index contributed by atoms with van der Waals surface area (Å²) in [4.78, 5) is 0. The lowest BCUT2D eigenvalue weighted by Crippen LogP contribution is -2.33. The molecule has 7 heteroatoms. The monoisotopic (exact) mass is 359 g/mol. The summed E-state index contributed by atoms with van der Waals surface area (Å²) < 4.78 is 27.2. The van der Waals surface area contributed by atoms with E-state index in [0.717, 1.165) is 16.6 Å². The summed E-state index contributed by atoms with van der Waals surface area (Å²) in [5.41, 5.74) is 0. The van der Waals surface area contributed by atoms with Gasteiger partial charge in [-0.15, -0.1) is 22.9 Å². The number of unbranched alkanes of at least 4 members (excludes halogenated alkanes) is 1. The van der Waals surface area contributed by atoms with Crippen LogP contribution in [0.5, 0.6) is 0 Å². The number of rotatable bonds is 7. The van der Waals surface area contributed by atoms with Crippen LogP contribution < -0.4 is 0 Å². The van der Waals surface area contributed by atoms with Gasteiger partial charge in [-0.2, -0.15) is 4.31 Å². The molecule has 17 heavy (non-hydrogen) atoms. The lowest BCUT2D eigenvalue weighted by atomic mass is 10.3. The van der Waals surface area contributed by atoms with Crippen LogP contribution in [0.3, 0.4) is 0 Å². The number of halogens is 2. The summed E-state index contributed by atoms with van der Waals surface area (Å²) in [5, 5.41) is 0. The second kappa shape index (κ2) is 7.09. The Labute approximate surface area is 120 Å². The SMILES string of the molecule is CCCCN(CCCl)S(=O)(=O)c1ccc(Br)s1. The average Bonchev–Trinajstić information content (AvgIpc) is 2.71. The van der Waals surface area contributed by atoms with E-state index in [4.69, 9.17) is 11.6 Å². The van der Waals surface area contributed by atoms with Gasteiger partial charge in [0.25, 0.3) is 10.0 Å². The third-order valence-corrected chi connectivity index (χ3v) is 6.40. The standard InChI is InChI=1S/C10H15BrClNO2S2/c1-2-3-7-13(8-6-12)17(14,15)10-5-4-9(11)16-10/h4-5H,2-3,6-8H2,1H3. The highest BCUT2D eigenvalue weighted by molar-refractivity contribution is 9.11. The maximum atomic E-state index is 12.3. The number of thiophene rings is 1. The van der Waals surface area contributed by atoms with Crippen LogP contribution in [-0.2, 0) is 10.0 Å². The molecule has 0 N–H and O–H groups in total. The van der Waals surface area contributed by atoms with E-state index in [9.17, 15) is 8.42 Å². The van der Waals surface area contributed by atoms with Crippen molar-refractivity contribution in [1.82, 2.24) is 4.31 Å². The molecular weight excluding hydrogens is 346 g/mol. The molecule has 1 aromatic rings. The van der Waals surface area contributed by atoms with Gasteiger partial charge in [0, 0.05) is 19.0 Å². The van der Waals surface area contributed by atoms with Crippen LogP contribution >= 0.6 is 38.9 Å².